The summed E-state index contributed by atoms with van der Waals surface area (Å²) in [6.07, 6.45) is 2.09. The Morgan fingerprint density at radius 2 is 2.19 bits per heavy atom. The van der Waals surface area contributed by atoms with Crippen LogP contribution in [-0.4, -0.2) is 6.26 Å². The number of halogens is 1. The summed E-state index contributed by atoms with van der Waals surface area (Å²) in [7, 11) is 0. The third-order valence-electron chi connectivity index (χ3n) is 2.17. The second kappa shape index (κ2) is 5.75. The van der Waals surface area contributed by atoms with Gasteiger partial charge in [-0.3, -0.25) is 0 Å². The third kappa shape index (κ3) is 3.27. The summed E-state index contributed by atoms with van der Waals surface area (Å²) < 4.78 is 1.18. The van der Waals surface area contributed by atoms with Crippen molar-refractivity contribution in [2.75, 3.05) is 11.6 Å². The van der Waals surface area contributed by atoms with Crippen LogP contribution >= 0.6 is 39.0 Å². The van der Waals surface area contributed by atoms with E-state index in [9.17, 15) is 0 Å². The molecule has 0 aliphatic rings. The van der Waals surface area contributed by atoms with Crippen molar-refractivity contribution in [2.24, 2.45) is 0 Å². The predicted molar refractivity (Wildman–Crippen MR) is 77.6 cm³/mol. The molecule has 1 nitrogen and oxygen atoms in total. The van der Waals surface area contributed by atoms with E-state index in [1.807, 2.05) is 0 Å². The van der Waals surface area contributed by atoms with Crippen molar-refractivity contribution in [3.05, 3.63) is 45.1 Å². The topological polar surface area (TPSA) is 12.0 Å². The fraction of sp³-hybridized carbons (Fsp3) is 0.167. The van der Waals surface area contributed by atoms with Crippen molar-refractivity contribution in [1.82, 2.24) is 0 Å². The molecule has 0 saturated heterocycles. The Labute approximate surface area is 112 Å². The maximum Gasteiger partial charge on any atom is 0.0702 e. The van der Waals surface area contributed by atoms with Crippen LogP contribution in [0.4, 0.5) is 5.69 Å². The molecule has 2 rings (SSSR count). The molecule has 0 unspecified atom stereocenters. The number of rotatable bonds is 4. The molecule has 0 aliphatic carbocycles. The van der Waals surface area contributed by atoms with Crippen LogP contribution in [0.15, 0.2) is 45.1 Å². The van der Waals surface area contributed by atoms with E-state index in [0.717, 1.165) is 6.54 Å². The predicted octanol–water partition coefficient (Wildman–Crippen LogP) is 4.84. The summed E-state index contributed by atoms with van der Waals surface area (Å²) in [5.74, 6) is 0. The zero-order chi connectivity index (χ0) is 11.4. The molecule has 0 amide bonds. The zero-order valence-corrected chi connectivity index (χ0v) is 12.1. The molecule has 0 saturated carbocycles. The first-order chi connectivity index (χ1) is 7.78. The maximum atomic E-state index is 3.47. The van der Waals surface area contributed by atoms with Crippen molar-refractivity contribution < 1.29 is 0 Å². The van der Waals surface area contributed by atoms with Crippen LogP contribution in [0.1, 0.15) is 4.88 Å². The first kappa shape index (κ1) is 12.0. The van der Waals surface area contributed by atoms with Crippen LogP contribution in [0.3, 0.4) is 0 Å². The Kier molecular flexibility index (Phi) is 4.32. The highest BCUT2D eigenvalue weighted by atomic mass is 79.9. The van der Waals surface area contributed by atoms with Gasteiger partial charge in [0.25, 0.3) is 0 Å². The second-order valence-electron chi connectivity index (χ2n) is 3.29. The Morgan fingerprint density at radius 3 is 2.88 bits per heavy atom. The molecule has 1 aromatic heterocycles. The van der Waals surface area contributed by atoms with Crippen LogP contribution in [0, 0.1) is 0 Å². The summed E-state index contributed by atoms with van der Waals surface area (Å²) >= 11 is 7.00. The molecule has 1 N–H and O–H groups in total. The van der Waals surface area contributed by atoms with Crippen LogP contribution in [0.25, 0.3) is 0 Å². The van der Waals surface area contributed by atoms with E-state index in [1.54, 1.807) is 23.1 Å². The molecule has 2 aromatic rings. The van der Waals surface area contributed by atoms with Crippen LogP contribution < -0.4 is 5.32 Å². The SMILES string of the molecule is CSc1cccc(NCc2ccc(Br)s2)c1. The molecular weight excluding hydrogens is 302 g/mol. The van der Waals surface area contributed by atoms with E-state index in [1.165, 1.54) is 19.2 Å². The lowest BCUT2D eigenvalue weighted by atomic mass is 10.3. The number of nitrogens with one attached hydrogen (secondary N) is 1. The molecule has 0 aliphatic heterocycles. The van der Waals surface area contributed by atoms with E-state index in [4.69, 9.17) is 0 Å². The molecule has 1 aromatic carbocycles. The maximum absolute atomic E-state index is 3.47. The average molecular weight is 314 g/mol. The van der Waals surface area contributed by atoms with Gasteiger partial charge < -0.3 is 5.32 Å². The molecule has 0 bridgehead atoms. The first-order valence-corrected chi connectivity index (χ1v) is 7.73. The first-order valence-electron chi connectivity index (χ1n) is 4.90. The quantitative estimate of drug-likeness (QED) is 0.810. The molecule has 0 atom stereocenters. The number of thiophene rings is 1. The van der Waals surface area contributed by atoms with Crippen molar-refractivity contribution in [1.29, 1.82) is 0 Å². The molecule has 16 heavy (non-hydrogen) atoms. The van der Waals surface area contributed by atoms with E-state index in [2.05, 4.69) is 63.9 Å². The fourth-order valence-corrected chi connectivity index (χ4v) is 3.25. The van der Waals surface area contributed by atoms with Gasteiger partial charge in [0.1, 0.15) is 0 Å². The largest absolute Gasteiger partial charge is 0.380 e. The lowest BCUT2D eigenvalue weighted by Crippen LogP contribution is -1.96. The van der Waals surface area contributed by atoms with Gasteiger partial charge in [0.05, 0.1) is 3.79 Å². The Hall–Kier alpha value is -0.450. The molecule has 1 heterocycles. The van der Waals surface area contributed by atoms with Crippen molar-refractivity contribution in [2.45, 2.75) is 11.4 Å². The smallest absolute Gasteiger partial charge is 0.0702 e. The Bertz CT molecular complexity index is 468. The number of hydrogen-bond donors (Lipinski definition) is 1. The molecule has 0 spiro atoms. The normalized spacial score (nSPS) is 10.4. The zero-order valence-electron chi connectivity index (χ0n) is 8.87. The van der Waals surface area contributed by atoms with Gasteiger partial charge in [0.15, 0.2) is 0 Å². The number of benzene rings is 1. The third-order valence-corrected chi connectivity index (χ3v) is 4.51. The number of hydrogen-bond acceptors (Lipinski definition) is 3. The van der Waals surface area contributed by atoms with Crippen LogP contribution in [-0.2, 0) is 6.54 Å². The van der Waals surface area contributed by atoms with E-state index in [-0.39, 0.29) is 0 Å². The van der Waals surface area contributed by atoms with Crippen LogP contribution in [0.5, 0.6) is 0 Å². The lowest BCUT2D eigenvalue weighted by molar-refractivity contribution is 1.19. The Morgan fingerprint density at radius 1 is 1.31 bits per heavy atom. The molecule has 0 radical (unpaired) electrons. The minimum atomic E-state index is 0.883. The Balaban J connectivity index is 1.99. The van der Waals surface area contributed by atoms with Crippen molar-refractivity contribution in [3.63, 3.8) is 0 Å². The van der Waals surface area contributed by atoms with E-state index in [0.29, 0.717) is 0 Å². The van der Waals surface area contributed by atoms with Gasteiger partial charge in [-0.2, -0.15) is 0 Å². The van der Waals surface area contributed by atoms with Gasteiger partial charge in [-0.05, 0) is 52.5 Å². The number of thioether (sulfide) groups is 1. The summed E-state index contributed by atoms with van der Waals surface area (Å²) in [5.41, 5.74) is 1.18. The summed E-state index contributed by atoms with van der Waals surface area (Å²) in [5, 5.41) is 3.43. The fourth-order valence-electron chi connectivity index (χ4n) is 1.37. The van der Waals surface area contributed by atoms with Crippen molar-refractivity contribution in [3.8, 4) is 0 Å². The van der Waals surface area contributed by atoms with Gasteiger partial charge in [-0.1, -0.05) is 6.07 Å². The average Bonchev–Trinajstić information content (AvgIpc) is 2.73. The van der Waals surface area contributed by atoms with Gasteiger partial charge in [-0.25, -0.2) is 0 Å². The lowest BCUT2D eigenvalue weighted by Gasteiger charge is -2.05. The standard InChI is InChI=1S/C12H12BrNS2/c1-15-10-4-2-3-9(7-10)14-8-11-5-6-12(13)16-11/h2-7,14H,8H2,1H3. The summed E-state index contributed by atoms with van der Waals surface area (Å²) in [6.45, 7) is 0.883. The van der Waals surface area contributed by atoms with Gasteiger partial charge in [0.2, 0.25) is 0 Å². The molecular formula is C12H12BrNS2. The van der Waals surface area contributed by atoms with Gasteiger partial charge in [0, 0.05) is 22.0 Å². The van der Waals surface area contributed by atoms with Gasteiger partial charge >= 0.3 is 0 Å². The minimum absolute atomic E-state index is 0.883. The monoisotopic (exact) mass is 313 g/mol. The summed E-state index contributed by atoms with van der Waals surface area (Å²) in [6, 6.07) is 12.7. The van der Waals surface area contributed by atoms with Gasteiger partial charge in [-0.15, -0.1) is 23.1 Å². The highest BCUT2D eigenvalue weighted by Crippen LogP contribution is 2.24. The highest BCUT2D eigenvalue weighted by molar-refractivity contribution is 9.11. The van der Waals surface area contributed by atoms with E-state index < -0.39 is 0 Å². The van der Waals surface area contributed by atoms with E-state index >= 15 is 0 Å². The molecule has 84 valence electrons. The van der Waals surface area contributed by atoms with Crippen molar-refractivity contribution >= 4 is 44.7 Å². The number of anilines is 1. The minimum Gasteiger partial charge on any atom is -0.380 e. The van der Waals surface area contributed by atoms with Crippen LogP contribution in [0.2, 0.25) is 0 Å². The molecule has 4 heteroatoms. The summed E-state index contributed by atoms with van der Waals surface area (Å²) in [4.78, 5) is 2.62. The molecule has 0 fully saturated rings. The highest BCUT2D eigenvalue weighted by Gasteiger charge is 1.98. The second-order valence-corrected chi connectivity index (χ2v) is 6.72.